The molecule has 0 aliphatic carbocycles. The summed E-state index contributed by atoms with van der Waals surface area (Å²) in [5.74, 6) is -0.713. The van der Waals surface area contributed by atoms with Crippen LogP contribution in [0.25, 0.3) is 11.0 Å². The number of para-hydroxylation sites is 1. The van der Waals surface area contributed by atoms with Crippen LogP contribution in [-0.2, 0) is 24.3 Å². The molecule has 1 aliphatic heterocycles. The van der Waals surface area contributed by atoms with Crippen LogP contribution in [0, 0.1) is 5.82 Å². The molecule has 1 aliphatic rings. The lowest BCUT2D eigenvalue weighted by molar-refractivity contribution is 0.0991. The molecule has 2 N–H and O–H groups in total. The van der Waals surface area contributed by atoms with Gasteiger partial charge >= 0.3 is 0 Å². The lowest BCUT2D eigenvalue weighted by atomic mass is 9.99. The van der Waals surface area contributed by atoms with Crippen LogP contribution in [-0.4, -0.2) is 19.6 Å². The highest BCUT2D eigenvalue weighted by atomic mass is 35.5. The summed E-state index contributed by atoms with van der Waals surface area (Å²) < 4.78 is 25.7. The number of fused-ring (bicyclic) bond motifs is 2. The highest BCUT2D eigenvalue weighted by molar-refractivity contribution is 6.06. The number of benzene rings is 2. The number of rotatable bonds is 4. The van der Waals surface area contributed by atoms with Crippen molar-refractivity contribution < 1.29 is 18.3 Å². The zero-order valence-electron chi connectivity index (χ0n) is 14.8. The molecule has 5 nitrogen and oxygen atoms in total. The number of nitrogens with one attached hydrogen (secondary N) is 2. The first-order valence-corrected chi connectivity index (χ1v) is 8.50. The van der Waals surface area contributed by atoms with Gasteiger partial charge in [0.1, 0.15) is 11.4 Å². The third-order valence-corrected chi connectivity index (χ3v) is 4.65. The van der Waals surface area contributed by atoms with Gasteiger partial charge in [-0.1, -0.05) is 24.3 Å². The van der Waals surface area contributed by atoms with Gasteiger partial charge in [0.05, 0.1) is 12.3 Å². The molecule has 3 aromatic rings. The SMILES string of the molecule is COCc1c(C(=O)Nc2ccc3c(c2F)CCNC3)oc2ccccc12.Cl. The maximum Gasteiger partial charge on any atom is 0.291 e. The summed E-state index contributed by atoms with van der Waals surface area (Å²) in [4.78, 5) is 12.8. The van der Waals surface area contributed by atoms with Crippen molar-refractivity contribution in [1.82, 2.24) is 5.32 Å². The van der Waals surface area contributed by atoms with E-state index in [1.54, 1.807) is 19.2 Å². The van der Waals surface area contributed by atoms with Gasteiger partial charge in [-0.2, -0.15) is 0 Å². The number of amides is 1. The Labute approximate surface area is 162 Å². The number of anilines is 1. The summed E-state index contributed by atoms with van der Waals surface area (Å²) >= 11 is 0. The highest BCUT2D eigenvalue weighted by Gasteiger charge is 2.23. The van der Waals surface area contributed by atoms with Crippen molar-refractivity contribution in [3.05, 3.63) is 64.7 Å². The van der Waals surface area contributed by atoms with E-state index in [1.807, 2.05) is 24.3 Å². The zero-order valence-corrected chi connectivity index (χ0v) is 15.6. The molecule has 1 aromatic heterocycles. The number of carbonyl (C=O) groups is 1. The van der Waals surface area contributed by atoms with Gasteiger partial charge in [-0.25, -0.2) is 4.39 Å². The molecule has 0 saturated heterocycles. The molecule has 7 heteroatoms. The lowest BCUT2D eigenvalue weighted by Crippen LogP contribution is -2.25. The predicted octanol–water partition coefficient (Wildman–Crippen LogP) is 4.04. The number of halogens is 2. The number of hydrogen-bond acceptors (Lipinski definition) is 4. The van der Waals surface area contributed by atoms with E-state index in [0.29, 0.717) is 29.7 Å². The van der Waals surface area contributed by atoms with Crippen LogP contribution >= 0.6 is 12.4 Å². The molecule has 2 aromatic carbocycles. The van der Waals surface area contributed by atoms with Crippen LogP contribution in [0.1, 0.15) is 27.2 Å². The van der Waals surface area contributed by atoms with Crippen LogP contribution in [0.2, 0.25) is 0 Å². The molecule has 1 amide bonds. The molecule has 0 unspecified atom stereocenters. The Morgan fingerprint density at radius 1 is 1.30 bits per heavy atom. The minimum absolute atomic E-state index is 0. The monoisotopic (exact) mass is 390 g/mol. The van der Waals surface area contributed by atoms with Crippen molar-refractivity contribution in [2.75, 3.05) is 19.0 Å². The quantitative estimate of drug-likeness (QED) is 0.705. The molecule has 142 valence electrons. The molecular weight excluding hydrogens is 371 g/mol. The van der Waals surface area contributed by atoms with Crippen LogP contribution in [0.15, 0.2) is 40.8 Å². The van der Waals surface area contributed by atoms with Gasteiger partial charge in [0.25, 0.3) is 5.91 Å². The maximum absolute atomic E-state index is 14.8. The van der Waals surface area contributed by atoms with Crippen LogP contribution in [0.4, 0.5) is 10.1 Å². The van der Waals surface area contributed by atoms with E-state index in [9.17, 15) is 9.18 Å². The number of furan rings is 1. The first-order chi connectivity index (χ1) is 12.7. The second-order valence-corrected chi connectivity index (χ2v) is 6.28. The number of methoxy groups -OCH3 is 1. The van der Waals surface area contributed by atoms with Crippen LogP contribution in [0.3, 0.4) is 0 Å². The van der Waals surface area contributed by atoms with Gasteiger partial charge in [0, 0.05) is 24.6 Å². The molecule has 0 saturated carbocycles. The Bertz CT molecular complexity index is 987. The molecular formula is C20H20ClFN2O3. The Balaban J connectivity index is 0.00000210. The standard InChI is InChI=1S/C20H19FN2O3.ClH/c1-25-11-15-14-4-2-3-5-17(14)26-19(15)20(24)23-16-7-6-12-10-22-9-8-13(12)18(16)21;/h2-7,22H,8-11H2,1H3,(H,23,24);1H. The van der Waals surface area contributed by atoms with Gasteiger partial charge in [0.2, 0.25) is 0 Å². The fourth-order valence-corrected chi connectivity index (χ4v) is 3.38. The van der Waals surface area contributed by atoms with E-state index in [-0.39, 0.29) is 36.3 Å². The van der Waals surface area contributed by atoms with Crippen LogP contribution < -0.4 is 10.6 Å². The first kappa shape index (κ1) is 19.4. The van der Waals surface area contributed by atoms with Crippen molar-refractivity contribution >= 4 is 35.0 Å². The third kappa shape index (κ3) is 3.56. The van der Waals surface area contributed by atoms with Gasteiger partial charge in [-0.3, -0.25) is 4.79 Å². The summed E-state index contributed by atoms with van der Waals surface area (Å²) in [6.45, 7) is 1.60. The van der Waals surface area contributed by atoms with Gasteiger partial charge in [0.15, 0.2) is 5.76 Å². The van der Waals surface area contributed by atoms with E-state index in [2.05, 4.69) is 10.6 Å². The first-order valence-electron chi connectivity index (χ1n) is 8.50. The summed E-state index contributed by atoms with van der Waals surface area (Å²) in [5.41, 5.74) is 3.00. The lowest BCUT2D eigenvalue weighted by Gasteiger charge is -2.19. The zero-order chi connectivity index (χ0) is 18.1. The van der Waals surface area contributed by atoms with Crippen molar-refractivity contribution in [3.63, 3.8) is 0 Å². The Hall–Kier alpha value is -2.41. The van der Waals surface area contributed by atoms with Gasteiger partial charge < -0.3 is 19.8 Å². The normalized spacial score (nSPS) is 13.1. The molecule has 0 atom stereocenters. The van der Waals surface area contributed by atoms with E-state index < -0.39 is 5.91 Å². The largest absolute Gasteiger partial charge is 0.451 e. The van der Waals surface area contributed by atoms with Crippen molar-refractivity contribution in [1.29, 1.82) is 0 Å². The van der Waals surface area contributed by atoms with E-state index >= 15 is 0 Å². The summed E-state index contributed by atoms with van der Waals surface area (Å²) in [6.07, 6.45) is 0.602. The smallest absolute Gasteiger partial charge is 0.291 e. The second-order valence-electron chi connectivity index (χ2n) is 6.28. The molecule has 2 heterocycles. The van der Waals surface area contributed by atoms with Gasteiger partial charge in [-0.15, -0.1) is 12.4 Å². The Kier molecular flexibility index (Phi) is 5.79. The molecule has 0 fully saturated rings. The molecule has 27 heavy (non-hydrogen) atoms. The summed E-state index contributed by atoms with van der Waals surface area (Å²) in [5, 5.41) is 6.68. The Morgan fingerprint density at radius 3 is 2.93 bits per heavy atom. The molecule has 0 radical (unpaired) electrons. The minimum Gasteiger partial charge on any atom is -0.451 e. The molecule has 0 spiro atoms. The topological polar surface area (TPSA) is 63.5 Å². The Morgan fingerprint density at radius 2 is 2.11 bits per heavy atom. The van der Waals surface area contributed by atoms with Crippen molar-refractivity contribution in [2.24, 2.45) is 0 Å². The van der Waals surface area contributed by atoms with Crippen LogP contribution in [0.5, 0.6) is 0 Å². The predicted molar refractivity (Wildman–Crippen MR) is 104 cm³/mol. The molecule has 0 bridgehead atoms. The van der Waals surface area contributed by atoms with E-state index in [1.165, 1.54) is 0 Å². The third-order valence-electron chi connectivity index (χ3n) is 4.65. The number of hydrogen-bond donors (Lipinski definition) is 2. The van der Waals surface area contributed by atoms with E-state index in [4.69, 9.17) is 9.15 Å². The summed E-state index contributed by atoms with van der Waals surface area (Å²) in [7, 11) is 1.56. The minimum atomic E-state index is -0.485. The summed E-state index contributed by atoms with van der Waals surface area (Å²) in [6, 6.07) is 10.8. The highest BCUT2D eigenvalue weighted by Crippen LogP contribution is 2.29. The fourth-order valence-electron chi connectivity index (χ4n) is 3.38. The van der Waals surface area contributed by atoms with Gasteiger partial charge in [-0.05, 0) is 36.2 Å². The molecule has 4 rings (SSSR count). The maximum atomic E-state index is 14.8. The van der Waals surface area contributed by atoms with E-state index in [0.717, 1.165) is 17.5 Å². The average molecular weight is 391 g/mol. The van der Waals surface area contributed by atoms with Crippen molar-refractivity contribution in [2.45, 2.75) is 19.6 Å². The fraction of sp³-hybridized carbons (Fsp3) is 0.250. The average Bonchev–Trinajstić information content (AvgIpc) is 3.03. The van der Waals surface area contributed by atoms with Crippen molar-refractivity contribution in [3.8, 4) is 0 Å². The number of carbonyl (C=O) groups excluding carboxylic acids is 1. The second kappa shape index (κ2) is 8.08. The number of ether oxygens (including phenoxy) is 1.